The van der Waals surface area contributed by atoms with Crippen LogP contribution in [0.3, 0.4) is 0 Å². The van der Waals surface area contributed by atoms with Gasteiger partial charge in [-0.2, -0.15) is 0 Å². The van der Waals surface area contributed by atoms with Gasteiger partial charge in [0.1, 0.15) is 0 Å². The number of benzene rings is 1. The molecule has 2 N–H and O–H groups in total. The molecule has 0 saturated carbocycles. The van der Waals surface area contributed by atoms with Crippen molar-refractivity contribution in [1.29, 1.82) is 0 Å². The van der Waals surface area contributed by atoms with Crippen LogP contribution in [0.15, 0.2) is 30.3 Å². The summed E-state index contributed by atoms with van der Waals surface area (Å²) in [5.41, 5.74) is 6.73. The Morgan fingerprint density at radius 1 is 1.47 bits per heavy atom. The average molecular weight is 221 g/mol. The number of carbonyl (C=O) groups is 1. The molecular weight excluding hydrogens is 206 g/mol. The van der Waals surface area contributed by atoms with Crippen molar-refractivity contribution in [2.24, 2.45) is 5.73 Å². The summed E-state index contributed by atoms with van der Waals surface area (Å²) in [5, 5.41) is 0. The van der Waals surface area contributed by atoms with Crippen molar-refractivity contribution >= 4 is 17.7 Å². The van der Waals surface area contributed by atoms with E-state index < -0.39 is 4.75 Å². The second kappa shape index (κ2) is 3.89. The fraction of sp³-hybridized carbons (Fsp3) is 0.417. The Bertz CT molecular complexity index is 365. The van der Waals surface area contributed by atoms with E-state index in [1.54, 1.807) is 11.8 Å². The Hall–Kier alpha value is -0.960. The highest BCUT2D eigenvalue weighted by Crippen LogP contribution is 2.48. The van der Waals surface area contributed by atoms with Crippen LogP contribution in [0.2, 0.25) is 0 Å². The molecule has 0 unspecified atom stereocenters. The number of nitrogens with two attached hydrogens (primary N) is 1. The molecule has 3 heteroatoms. The first-order chi connectivity index (χ1) is 7.14. The maximum absolute atomic E-state index is 11.5. The second-order valence-electron chi connectivity index (χ2n) is 4.07. The normalized spacial score (nSPS) is 30.3. The number of carbonyl (C=O) groups excluding carboxylic acids is 1. The van der Waals surface area contributed by atoms with E-state index in [1.165, 1.54) is 5.56 Å². The Balaban J connectivity index is 2.34. The lowest BCUT2D eigenvalue weighted by atomic mass is 9.84. The summed E-state index contributed by atoms with van der Waals surface area (Å²) in [4.78, 5) is 11.5. The SMILES string of the molecule is C[C@@]1(C(N)=O)SCC[C@@H]1c1ccccc1. The third kappa shape index (κ3) is 1.76. The van der Waals surface area contributed by atoms with E-state index in [-0.39, 0.29) is 11.8 Å². The molecule has 0 spiro atoms. The molecule has 0 radical (unpaired) electrons. The van der Waals surface area contributed by atoms with Crippen molar-refractivity contribution in [2.45, 2.75) is 24.0 Å². The summed E-state index contributed by atoms with van der Waals surface area (Å²) in [6.45, 7) is 1.96. The Labute approximate surface area is 94.2 Å². The Morgan fingerprint density at radius 2 is 2.13 bits per heavy atom. The van der Waals surface area contributed by atoms with Crippen LogP contribution in [0.1, 0.15) is 24.8 Å². The van der Waals surface area contributed by atoms with Crippen molar-refractivity contribution in [2.75, 3.05) is 5.75 Å². The van der Waals surface area contributed by atoms with E-state index in [4.69, 9.17) is 5.73 Å². The van der Waals surface area contributed by atoms with Crippen molar-refractivity contribution in [3.63, 3.8) is 0 Å². The van der Waals surface area contributed by atoms with Crippen LogP contribution in [0.4, 0.5) is 0 Å². The van der Waals surface area contributed by atoms with E-state index in [1.807, 2.05) is 25.1 Å². The van der Waals surface area contributed by atoms with E-state index in [0.717, 1.165) is 12.2 Å². The van der Waals surface area contributed by atoms with Gasteiger partial charge in [0.05, 0.1) is 4.75 Å². The van der Waals surface area contributed by atoms with Crippen LogP contribution < -0.4 is 5.73 Å². The number of hydrogen-bond acceptors (Lipinski definition) is 2. The average Bonchev–Trinajstić information content (AvgIpc) is 2.63. The lowest BCUT2D eigenvalue weighted by molar-refractivity contribution is -0.120. The topological polar surface area (TPSA) is 43.1 Å². The molecular formula is C12H15NOS. The predicted octanol–water partition coefficient (Wildman–Crippen LogP) is 2.15. The van der Waals surface area contributed by atoms with Crippen LogP contribution in [0.25, 0.3) is 0 Å². The van der Waals surface area contributed by atoms with E-state index >= 15 is 0 Å². The van der Waals surface area contributed by atoms with E-state index in [0.29, 0.717) is 0 Å². The summed E-state index contributed by atoms with van der Waals surface area (Å²) in [7, 11) is 0. The molecule has 15 heavy (non-hydrogen) atoms. The Kier molecular flexibility index (Phi) is 2.74. The molecule has 2 nitrogen and oxygen atoms in total. The maximum Gasteiger partial charge on any atom is 0.233 e. The first-order valence-corrected chi connectivity index (χ1v) is 6.12. The summed E-state index contributed by atoms with van der Waals surface area (Å²) in [6.07, 6.45) is 1.04. The zero-order valence-electron chi connectivity index (χ0n) is 8.77. The molecule has 2 atom stereocenters. The number of hydrogen-bond donors (Lipinski definition) is 1. The van der Waals surface area contributed by atoms with Crippen molar-refractivity contribution in [1.82, 2.24) is 0 Å². The van der Waals surface area contributed by atoms with Crippen molar-refractivity contribution in [3.05, 3.63) is 35.9 Å². The number of amides is 1. The smallest absolute Gasteiger partial charge is 0.233 e. The van der Waals surface area contributed by atoms with Gasteiger partial charge >= 0.3 is 0 Å². The lowest BCUT2D eigenvalue weighted by Crippen LogP contribution is -2.40. The van der Waals surface area contributed by atoms with Crippen molar-refractivity contribution in [3.8, 4) is 0 Å². The maximum atomic E-state index is 11.5. The fourth-order valence-corrected chi connectivity index (χ4v) is 3.55. The molecule has 1 saturated heterocycles. The monoisotopic (exact) mass is 221 g/mol. The standard InChI is InChI=1S/C12H15NOS/c1-12(11(13)14)10(7-8-15-12)9-5-3-2-4-6-9/h2-6,10H,7-8H2,1H3,(H2,13,14)/t10-,12-/m1/s1. The molecule has 1 aliphatic heterocycles. The van der Waals surface area contributed by atoms with Gasteiger partial charge in [0.2, 0.25) is 5.91 Å². The van der Waals surface area contributed by atoms with Gasteiger partial charge in [-0.05, 0) is 24.7 Å². The molecule has 1 aromatic rings. The lowest BCUT2D eigenvalue weighted by Gasteiger charge is -2.27. The second-order valence-corrected chi connectivity index (χ2v) is 5.62. The molecule has 1 heterocycles. The molecule has 1 amide bonds. The van der Waals surface area contributed by atoms with Crippen LogP contribution in [0, 0.1) is 0 Å². The number of thioether (sulfide) groups is 1. The molecule has 0 aromatic heterocycles. The van der Waals surface area contributed by atoms with Gasteiger partial charge < -0.3 is 5.73 Å². The minimum Gasteiger partial charge on any atom is -0.368 e. The molecule has 80 valence electrons. The van der Waals surface area contributed by atoms with Crippen LogP contribution in [-0.2, 0) is 4.79 Å². The molecule has 0 bridgehead atoms. The molecule has 0 aliphatic carbocycles. The molecule has 1 fully saturated rings. The van der Waals surface area contributed by atoms with E-state index in [9.17, 15) is 4.79 Å². The predicted molar refractivity (Wildman–Crippen MR) is 63.9 cm³/mol. The van der Waals surface area contributed by atoms with Gasteiger partial charge in [0.15, 0.2) is 0 Å². The summed E-state index contributed by atoms with van der Waals surface area (Å²) in [6, 6.07) is 10.2. The summed E-state index contributed by atoms with van der Waals surface area (Å²) < 4.78 is -0.429. The molecule has 1 aromatic carbocycles. The van der Waals surface area contributed by atoms with Crippen molar-refractivity contribution < 1.29 is 4.79 Å². The highest BCUT2D eigenvalue weighted by Gasteiger charge is 2.45. The summed E-state index contributed by atoms with van der Waals surface area (Å²) >= 11 is 1.68. The zero-order chi connectivity index (χ0) is 10.9. The van der Waals surface area contributed by atoms with Crippen LogP contribution in [-0.4, -0.2) is 16.4 Å². The molecule has 2 rings (SSSR count). The third-order valence-electron chi connectivity index (χ3n) is 3.16. The minimum absolute atomic E-state index is 0.196. The van der Waals surface area contributed by atoms with Gasteiger partial charge in [0.25, 0.3) is 0 Å². The highest BCUT2D eigenvalue weighted by atomic mass is 32.2. The Morgan fingerprint density at radius 3 is 2.73 bits per heavy atom. The first kappa shape index (κ1) is 10.6. The minimum atomic E-state index is -0.429. The fourth-order valence-electron chi connectivity index (χ4n) is 2.18. The van der Waals surface area contributed by atoms with Gasteiger partial charge in [-0.1, -0.05) is 30.3 Å². The van der Waals surface area contributed by atoms with E-state index in [2.05, 4.69) is 12.1 Å². The third-order valence-corrected chi connectivity index (χ3v) is 4.69. The number of primary amides is 1. The van der Waals surface area contributed by atoms with Gasteiger partial charge in [0, 0.05) is 5.92 Å². The first-order valence-electron chi connectivity index (χ1n) is 5.13. The van der Waals surface area contributed by atoms with Gasteiger partial charge in [-0.15, -0.1) is 11.8 Å². The summed E-state index contributed by atoms with van der Waals surface area (Å²) in [5.74, 6) is 1.08. The number of rotatable bonds is 2. The van der Waals surface area contributed by atoms with Gasteiger partial charge in [-0.25, -0.2) is 0 Å². The van der Waals surface area contributed by atoms with Gasteiger partial charge in [-0.3, -0.25) is 4.79 Å². The van der Waals surface area contributed by atoms with Crippen LogP contribution >= 0.6 is 11.8 Å². The van der Waals surface area contributed by atoms with Crippen LogP contribution in [0.5, 0.6) is 0 Å². The quantitative estimate of drug-likeness (QED) is 0.831. The highest BCUT2D eigenvalue weighted by molar-refractivity contribution is 8.01. The zero-order valence-corrected chi connectivity index (χ0v) is 9.59. The molecule has 1 aliphatic rings. The largest absolute Gasteiger partial charge is 0.368 e.